The molecule has 21 heavy (non-hydrogen) atoms. The van der Waals surface area contributed by atoms with Gasteiger partial charge in [-0.15, -0.1) is 0 Å². The van der Waals surface area contributed by atoms with Crippen LogP contribution in [-0.2, 0) is 22.6 Å². The number of hydrogen-bond acceptors (Lipinski definition) is 4. The highest BCUT2D eigenvalue weighted by atomic mass is 16.5. The Kier molecular flexibility index (Phi) is 4.91. The van der Waals surface area contributed by atoms with Gasteiger partial charge in [0.1, 0.15) is 0 Å². The maximum atomic E-state index is 5.50. The van der Waals surface area contributed by atoms with E-state index in [0.29, 0.717) is 0 Å². The van der Waals surface area contributed by atoms with Crippen molar-refractivity contribution in [3.63, 3.8) is 0 Å². The summed E-state index contributed by atoms with van der Waals surface area (Å²) in [5.41, 5.74) is 2.75. The highest BCUT2D eigenvalue weighted by Crippen LogP contribution is 2.21. The van der Waals surface area contributed by atoms with Crippen LogP contribution in [0.1, 0.15) is 24.0 Å². The molecule has 0 amide bonds. The van der Waals surface area contributed by atoms with Crippen LogP contribution < -0.4 is 5.32 Å². The van der Waals surface area contributed by atoms with Crippen LogP contribution in [0.25, 0.3) is 0 Å². The van der Waals surface area contributed by atoms with Crippen molar-refractivity contribution >= 4 is 0 Å². The molecule has 1 aliphatic heterocycles. The minimum Gasteiger partial charge on any atom is -0.377 e. The first-order valence-electron chi connectivity index (χ1n) is 7.87. The van der Waals surface area contributed by atoms with Crippen molar-refractivity contribution in [1.29, 1.82) is 0 Å². The van der Waals surface area contributed by atoms with Gasteiger partial charge in [0.05, 0.1) is 12.2 Å². The summed E-state index contributed by atoms with van der Waals surface area (Å²) in [6.45, 7) is 3.84. The van der Waals surface area contributed by atoms with Crippen molar-refractivity contribution in [1.82, 2.24) is 10.2 Å². The Morgan fingerprint density at radius 3 is 2.38 bits per heavy atom. The van der Waals surface area contributed by atoms with E-state index in [-0.39, 0.29) is 12.2 Å². The Bertz CT molecular complexity index is 450. The molecule has 116 valence electrons. The number of methoxy groups -OCH3 is 2. The van der Waals surface area contributed by atoms with Crippen molar-refractivity contribution in [2.24, 2.45) is 0 Å². The molecular formula is C17H26N2O2. The Morgan fingerprint density at radius 1 is 1.10 bits per heavy atom. The second-order valence-corrected chi connectivity index (χ2v) is 6.22. The summed E-state index contributed by atoms with van der Waals surface area (Å²) in [6.07, 6.45) is 3.05. The summed E-state index contributed by atoms with van der Waals surface area (Å²) in [5.74, 6) is 0. The highest BCUT2D eigenvalue weighted by Gasteiger charge is 2.32. The van der Waals surface area contributed by atoms with Gasteiger partial charge in [0.15, 0.2) is 0 Å². The van der Waals surface area contributed by atoms with E-state index in [0.717, 1.165) is 32.2 Å². The molecule has 2 unspecified atom stereocenters. The molecule has 2 aliphatic rings. The predicted molar refractivity (Wildman–Crippen MR) is 83.2 cm³/mol. The average molecular weight is 290 g/mol. The molecular weight excluding hydrogens is 264 g/mol. The third-order valence-electron chi connectivity index (χ3n) is 4.47. The zero-order chi connectivity index (χ0) is 14.7. The van der Waals surface area contributed by atoms with Crippen LogP contribution in [-0.4, -0.2) is 50.5 Å². The molecule has 3 rings (SSSR count). The van der Waals surface area contributed by atoms with Gasteiger partial charge < -0.3 is 14.8 Å². The molecule has 1 saturated carbocycles. The van der Waals surface area contributed by atoms with Crippen LogP contribution in [0.5, 0.6) is 0 Å². The second kappa shape index (κ2) is 6.88. The zero-order valence-electron chi connectivity index (χ0n) is 13.0. The Morgan fingerprint density at radius 2 is 1.76 bits per heavy atom. The molecule has 4 nitrogen and oxygen atoms in total. The molecule has 0 aromatic heterocycles. The SMILES string of the molecule is COC1CN(Cc2cccc(CNC3CC3)c2)CC1OC. The lowest BCUT2D eigenvalue weighted by molar-refractivity contribution is -0.00461. The van der Waals surface area contributed by atoms with Crippen LogP contribution in [0.2, 0.25) is 0 Å². The molecule has 1 aliphatic carbocycles. The zero-order valence-corrected chi connectivity index (χ0v) is 13.0. The van der Waals surface area contributed by atoms with E-state index in [1.54, 1.807) is 14.2 Å². The highest BCUT2D eigenvalue weighted by molar-refractivity contribution is 5.23. The van der Waals surface area contributed by atoms with E-state index < -0.39 is 0 Å². The van der Waals surface area contributed by atoms with Crippen molar-refractivity contribution in [3.05, 3.63) is 35.4 Å². The first-order valence-corrected chi connectivity index (χ1v) is 7.87. The van der Waals surface area contributed by atoms with E-state index in [2.05, 4.69) is 34.5 Å². The molecule has 0 bridgehead atoms. The van der Waals surface area contributed by atoms with Crippen molar-refractivity contribution < 1.29 is 9.47 Å². The smallest absolute Gasteiger partial charge is 0.0971 e. The molecule has 2 atom stereocenters. The third-order valence-corrected chi connectivity index (χ3v) is 4.47. The van der Waals surface area contributed by atoms with Crippen LogP contribution in [0.4, 0.5) is 0 Å². The summed E-state index contributed by atoms with van der Waals surface area (Å²) in [6, 6.07) is 9.66. The third kappa shape index (κ3) is 4.04. The number of benzene rings is 1. The Labute approximate surface area is 127 Å². The van der Waals surface area contributed by atoms with Crippen molar-refractivity contribution in [3.8, 4) is 0 Å². The van der Waals surface area contributed by atoms with Gasteiger partial charge in [-0.3, -0.25) is 4.90 Å². The largest absolute Gasteiger partial charge is 0.377 e. The molecule has 0 spiro atoms. The van der Waals surface area contributed by atoms with Gasteiger partial charge in [0.25, 0.3) is 0 Å². The topological polar surface area (TPSA) is 33.7 Å². The number of nitrogens with zero attached hydrogens (tertiary/aromatic N) is 1. The normalized spacial score (nSPS) is 26.4. The summed E-state index contributed by atoms with van der Waals surface area (Å²) in [5, 5.41) is 3.57. The minimum atomic E-state index is 0.190. The van der Waals surface area contributed by atoms with E-state index in [4.69, 9.17) is 9.47 Å². The lowest BCUT2D eigenvalue weighted by atomic mass is 10.1. The Balaban J connectivity index is 1.55. The van der Waals surface area contributed by atoms with E-state index in [1.807, 2.05) is 0 Å². The first-order chi connectivity index (χ1) is 10.3. The second-order valence-electron chi connectivity index (χ2n) is 6.22. The predicted octanol–water partition coefficient (Wildman–Crippen LogP) is 1.78. The van der Waals surface area contributed by atoms with Gasteiger partial charge in [-0.2, -0.15) is 0 Å². The fourth-order valence-corrected chi connectivity index (χ4v) is 3.05. The van der Waals surface area contributed by atoms with Gasteiger partial charge in [-0.05, 0) is 24.0 Å². The molecule has 1 aromatic rings. The Hall–Kier alpha value is -0.940. The number of likely N-dealkylation sites (tertiary alicyclic amines) is 1. The number of hydrogen-bond donors (Lipinski definition) is 1. The lowest BCUT2D eigenvalue weighted by Gasteiger charge is -2.16. The minimum absolute atomic E-state index is 0.190. The van der Waals surface area contributed by atoms with Crippen LogP contribution in [0, 0.1) is 0 Å². The van der Waals surface area contributed by atoms with Crippen molar-refractivity contribution in [2.45, 2.75) is 44.2 Å². The maximum absolute atomic E-state index is 5.50. The van der Waals surface area contributed by atoms with Crippen LogP contribution in [0.3, 0.4) is 0 Å². The average Bonchev–Trinajstić information content (AvgIpc) is 3.25. The van der Waals surface area contributed by atoms with Gasteiger partial charge in [-0.25, -0.2) is 0 Å². The van der Waals surface area contributed by atoms with E-state index in [1.165, 1.54) is 24.0 Å². The summed E-state index contributed by atoms with van der Waals surface area (Å²) in [7, 11) is 3.54. The monoisotopic (exact) mass is 290 g/mol. The van der Waals surface area contributed by atoms with Gasteiger partial charge in [0.2, 0.25) is 0 Å². The van der Waals surface area contributed by atoms with Crippen LogP contribution >= 0.6 is 0 Å². The lowest BCUT2D eigenvalue weighted by Crippen LogP contribution is -2.27. The summed E-state index contributed by atoms with van der Waals surface area (Å²) < 4.78 is 11.0. The molecule has 1 heterocycles. The van der Waals surface area contributed by atoms with Crippen LogP contribution in [0.15, 0.2) is 24.3 Å². The maximum Gasteiger partial charge on any atom is 0.0971 e. The molecule has 2 fully saturated rings. The number of nitrogens with one attached hydrogen (secondary N) is 1. The molecule has 1 saturated heterocycles. The number of ether oxygens (including phenoxy) is 2. The summed E-state index contributed by atoms with van der Waals surface area (Å²) in [4.78, 5) is 2.41. The molecule has 1 N–H and O–H groups in total. The molecule has 0 radical (unpaired) electrons. The van der Waals surface area contributed by atoms with Gasteiger partial charge in [0, 0.05) is 46.4 Å². The molecule has 1 aromatic carbocycles. The standard InChI is InChI=1S/C17H26N2O2/c1-20-16-11-19(12-17(16)21-2)10-14-5-3-4-13(8-14)9-18-15-6-7-15/h3-5,8,15-18H,6-7,9-12H2,1-2H3. The first kappa shape index (κ1) is 15.0. The fourth-order valence-electron chi connectivity index (χ4n) is 3.05. The number of rotatable bonds is 7. The van der Waals surface area contributed by atoms with Crippen molar-refractivity contribution in [2.75, 3.05) is 27.3 Å². The quantitative estimate of drug-likeness (QED) is 0.830. The summed E-state index contributed by atoms with van der Waals surface area (Å²) >= 11 is 0. The van der Waals surface area contributed by atoms with Gasteiger partial charge >= 0.3 is 0 Å². The van der Waals surface area contributed by atoms with E-state index >= 15 is 0 Å². The fraction of sp³-hybridized carbons (Fsp3) is 0.647. The van der Waals surface area contributed by atoms with E-state index in [9.17, 15) is 0 Å². The van der Waals surface area contributed by atoms with Gasteiger partial charge in [-0.1, -0.05) is 24.3 Å². The molecule has 4 heteroatoms.